The molecule has 112 valence electrons. The van der Waals surface area contributed by atoms with Crippen molar-refractivity contribution in [1.82, 2.24) is 4.90 Å². The Balaban J connectivity index is 2.38. The molecule has 1 amide bonds. The summed E-state index contributed by atoms with van der Waals surface area (Å²) in [7, 11) is 0. The summed E-state index contributed by atoms with van der Waals surface area (Å²) >= 11 is 0. The molecule has 5 nitrogen and oxygen atoms in total. The Morgan fingerprint density at radius 2 is 2.26 bits per heavy atom. The van der Waals surface area contributed by atoms with E-state index >= 15 is 0 Å². The molecule has 1 atom stereocenters. The van der Waals surface area contributed by atoms with Crippen LogP contribution in [0, 0.1) is 0 Å². The van der Waals surface area contributed by atoms with E-state index in [0.717, 1.165) is 0 Å². The van der Waals surface area contributed by atoms with E-state index in [1.54, 1.807) is 4.90 Å². The fourth-order valence-corrected chi connectivity index (χ4v) is 2.07. The number of amides is 1. The van der Waals surface area contributed by atoms with Crippen molar-refractivity contribution in [3.8, 4) is 0 Å². The average molecular weight is 281 g/mol. The first-order valence-electron chi connectivity index (χ1n) is 6.26. The number of halogens is 2. The van der Waals surface area contributed by atoms with Gasteiger partial charge in [0.1, 0.15) is 6.61 Å². The van der Waals surface area contributed by atoms with Crippen molar-refractivity contribution in [1.29, 1.82) is 0 Å². The van der Waals surface area contributed by atoms with Gasteiger partial charge in [-0.1, -0.05) is 0 Å². The molecule has 0 aromatic heterocycles. The van der Waals surface area contributed by atoms with Crippen molar-refractivity contribution in [3.05, 3.63) is 0 Å². The number of aliphatic hydroxyl groups is 1. The minimum absolute atomic E-state index is 0.0231. The van der Waals surface area contributed by atoms with Crippen LogP contribution in [0.1, 0.15) is 20.3 Å². The van der Waals surface area contributed by atoms with Gasteiger partial charge in [-0.05, 0) is 13.8 Å². The molecule has 1 saturated heterocycles. The second-order valence-corrected chi connectivity index (χ2v) is 5.17. The lowest BCUT2D eigenvalue weighted by Gasteiger charge is -2.42. The van der Waals surface area contributed by atoms with Crippen molar-refractivity contribution < 1.29 is 28.2 Å². The van der Waals surface area contributed by atoms with Crippen LogP contribution < -0.4 is 0 Å². The number of rotatable bonds is 6. The lowest BCUT2D eigenvalue weighted by Crippen LogP contribution is -2.55. The highest BCUT2D eigenvalue weighted by molar-refractivity contribution is 5.76. The first kappa shape index (κ1) is 16.3. The van der Waals surface area contributed by atoms with Gasteiger partial charge in [-0.3, -0.25) is 4.79 Å². The van der Waals surface area contributed by atoms with E-state index in [9.17, 15) is 13.6 Å². The number of carbonyl (C=O) groups excluding carboxylic acids is 1. The molecular formula is C12H21F2NO4. The van der Waals surface area contributed by atoms with Crippen LogP contribution in [-0.4, -0.2) is 67.0 Å². The maximum absolute atomic E-state index is 11.9. The van der Waals surface area contributed by atoms with Crippen LogP contribution in [0.2, 0.25) is 0 Å². The predicted octanol–water partition coefficient (Wildman–Crippen LogP) is 0.656. The molecule has 0 aromatic rings. The fourth-order valence-electron chi connectivity index (χ4n) is 2.07. The summed E-state index contributed by atoms with van der Waals surface area (Å²) in [6.45, 7) is 3.57. The van der Waals surface area contributed by atoms with Gasteiger partial charge in [0.05, 0.1) is 31.3 Å². The van der Waals surface area contributed by atoms with E-state index in [4.69, 9.17) is 9.84 Å². The molecule has 1 heterocycles. The third-order valence-corrected chi connectivity index (χ3v) is 2.74. The van der Waals surface area contributed by atoms with Gasteiger partial charge in [-0.15, -0.1) is 0 Å². The fraction of sp³-hybridized carbons (Fsp3) is 0.917. The molecule has 0 aromatic carbocycles. The molecule has 0 radical (unpaired) electrons. The molecule has 0 saturated carbocycles. The second kappa shape index (κ2) is 7.12. The van der Waals surface area contributed by atoms with E-state index in [1.165, 1.54) is 0 Å². The molecule has 0 aliphatic carbocycles. The van der Waals surface area contributed by atoms with Crippen molar-refractivity contribution in [2.24, 2.45) is 0 Å². The van der Waals surface area contributed by atoms with Gasteiger partial charge in [-0.25, -0.2) is 8.78 Å². The minimum Gasteiger partial charge on any atom is -0.394 e. The number of ether oxygens (including phenoxy) is 2. The van der Waals surface area contributed by atoms with Crippen LogP contribution in [0.15, 0.2) is 0 Å². The molecule has 0 bridgehead atoms. The zero-order chi connectivity index (χ0) is 14.5. The molecule has 0 spiro atoms. The highest BCUT2D eigenvalue weighted by atomic mass is 19.3. The number of morpholine rings is 1. The Labute approximate surface area is 111 Å². The van der Waals surface area contributed by atoms with Gasteiger partial charge in [0.25, 0.3) is 6.43 Å². The summed E-state index contributed by atoms with van der Waals surface area (Å²) in [6, 6.07) is 0. The van der Waals surface area contributed by atoms with E-state index in [0.29, 0.717) is 13.1 Å². The van der Waals surface area contributed by atoms with Crippen molar-refractivity contribution in [2.45, 2.75) is 38.4 Å². The quantitative estimate of drug-likeness (QED) is 0.727. The first-order valence-corrected chi connectivity index (χ1v) is 6.26. The monoisotopic (exact) mass is 281 g/mol. The van der Waals surface area contributed by atoms with Crippen LogP contribution in [0.25, 0.3) is 0 Å². The third kappa shape index (κ3) is 5.80. The Morgan fingerprint density at radius 1 is 1.58 bits per heavy atom. The number of alkyl halides is 2. The largest absolute Gasteiger partial charge is 0.394 e. The minimum atomic E-state index is -2.52. The van der Waals surface area contributed by atoms with Gasteiger partial charge in [0.15, 0.2) is 0 Å². The lowest BCUT2D eigenvalue weighted by atomic mass is 10.0. The van der Waals surface area contributed by atoms with Gasteiger partial charge in [0.2, 0.25) is 5.91 Å². The van der Waals surface area contributed by atoms with E-state index in [-0.39, 0.29) is 25.5 Å². The summed E-state index contributed by atoms with van der Waals surface area (Å²) in [6.07, 6.45) is -2.87. The zero-order valence-corrected chi connectivity index (χ0v) is 11.3. The molecule has 1 fully saturated rings. The number of aliphatic hydroxyl groups excluding tert-OH is 1. The third-order valence-electron chi connectivity index (χ3n) is 2.74. The van der Waals surface area contributed by atoms with E-state index < -0.39 is 24.7 Å². The van der Waals surface area contributed by atoms with Gasteiger partial charge < -0.3 is 19.5 Å². The average Bonchev–Trinajstić information content (AvgIpc) is 2.32. The molecule has 1 rings (SSSR count). The highest BCUT2D eigenvalue weighted by Gasteiger charge is 2.34. The zero-order valence-electron chi connectivity index (χ0n) is 11.3. The number of hydrogen-bond donors (Lipinski definition) is 1. The van der Waals surface area contributed by atoms with Gasteiger partial charge in [0, 0.05) is 13.1 Å². The van der Waals surface area contributed by atoms with E-state index in [1.807, 2.05) is 13.8 Å². The van der Waals surface area contributed by atoms with Crippen molar-refractivity contribution in [2.75, 3.05) is 32.9 Å². The molecule has 1 unspecified atom stereocenters. The Hall–Kier alpha value is -0.790. The lowest BCUT2D eigenvalue weighted by molar-refractivity contribution is -0.167. The Bertz CT molecular complexity index is 299. The highest BCUT2D eigenvalue weighted by Crippen LogP contribution is 2.21. The van der Waals surface area contributed by atoms with Crippen LogP contribution in [0.3, 0.4) is 0 Å². The summed E-state index contributed by atoms with van der Waals surface area (Å²) in [5.41, 5.74) is -0.523. The van der Waals surface area contributed by atoms with Crippen LogP contribution >= 0.6 is 0 Å². The molecule has 7 heteroatoms. The van der Waals surface area contributed by atoms with Crippen LogP contribution in [-0.2, 0) is 14.3 Å². The molecule has 1 aliphatic heterocycles. The standard InChI is InChI=1S/C12H21F2NO4/c1-12(2)8-15(5-9(6-16)19-12)11(17)3-4-18-7-10(13)14/h9-10,16H,3-8H2,1-2H3. The topological polar surface area (TPSA) is 59.0 Å². The van der Waals surface area contributed by atoms with Crippen molar-refractivity contribution >= 4 is 5.91 Å². The summed E-state index contributed by atoms with van der Waals surface area (Å²) in [5, 5.41) is 9.13. The number of carbonyl (C=O) groups is 1. The van der Waals surface area contributed by atoms with Crippen molar-refractivity contribution in [3.63, 3.8) is 0 Å². The Morgan fingerprint density at radius 3 is 2.84 bits per heavy atom. The number of hydrogen-bond acceptors (Lipinski definition) is 4. The van der Waals surface area contributed by atoms with Gasteiger partial charge >= 0.3 is 0 Å². The Kier molecular flexibility index (Phi) is 6.09. The first-order chi connectivity index (χ1) is 8.84. The maximum Gasteiger partial charge on any atom is 0.261 e. The normalized spacial score (nSPS) is 22.8. The summed E-state index contributed by atoms with van der Waals surface area (Å²) in [4.78, 5) is 13.5. The molecule has 1 N–H and O–H groups in total. The van der Waals surface area contributed by atoms with Crippen LogP contribution in [0.5, 0.6) is 0 Å². The maximum atomic E-state index is 11.9. The molecule has 1 aliphatic rings. The van der Waals surface area contributed by atoms with Crippen LogP contribution in [0.4, 0.5) is 8.78 Å². The number of nitrogens with zero attached hydrogens (tertiary/aromatic N) is 1. The summed E-state index contributed by atoms with van der Waals surface area (Å²) in [5.74, 6) is -0.177. The van der Waals surface area contributed by atoms with E-state index in [2.05, 4.69) is 4.74 Å². The predicted molar refractivity (Wildman–Crippen MR) is 64.1 cm³/mol. The second-order valence-electron chi connectivity index (χ2n) is 5.17. The SMILES string of the molecule is CC1(C)CN(C(=O)CCOCC(F)F)CC(CO)O1. The van der Waals surface area contributed by atoms with Gasteiger partial charge in [-0.2, -0.15) is 0 Å². The summed E-state index contributed by atoms with van der Waals surface area (Å²) < 4.78 is 34.0. The molecular weight excluding hydrogens is 260 g/mol. The smallest absolute Gasteiger partial charge is 0.261 e. The molecule has 19 heavy (non-hydrogen) atoms.